The van der Waals surface area contributed by atoms with Crippen LogP contribution < -0.4 is 10.2 Å². The first-order chi connectivity index (χ1) is 14.1. The average Bonchev–Trinajstić information content (AvgIpc) is 3.48. The van der Waals surface area contributed by atoms with Crippen molar-refractivity contribution in [3.63, 3.8) is 0 Å². The number of carbonyl (C=O) groups is 1. The summed E-state index contributed by atoms with van der Waals surface area (Å²) in [5.41, 5.74) is 0.866. The fourth-order valence-corrected chi connectivity index (χ4v) is 5.32. The summed E-state index contributed by atoms with van der Waals surface area (Å²) in [6.45, 7) is 3.60. The molecule has 29 heavy (non-hydrogen) atoms. The summed E-state index contributed by atoms with van der Waals surface area (Å²) in [6, 6.07) is 2.40. The number of nitrogens with one attached hydrogen (secondary N) is 2. The Morgan fingerprint density at radius 1 is 1.34 bits per heavy atom. The first-order valence-electron chi connectivity index (χ1n) is 10.0. The van der Waals surface area contributed by atoms with Gasteiger partial charge in [-0.3, -0.25) is 5.32 Å². The number of rotatable bonds is 4. The van der Waals surface area contributed by atoms with Crippen LogP contribution in [0.4, 0.5) is 15.7 Å². The molecule has 5 rings (SSSR count). The predicted molar refractivity (Wildman–Crippen MR) is 112 cm³/mol. The summed E-state index contributed by atoms with van der Waals surface area (Å²) < 4.78 is 4.23. The first-order valence-corrected chi connectivity index (χ1v) is 10.8. The lowest BCUT2D eigenvalue weighted by molar-refractivity contribution is 0.218. The highest BCUT2D eigenvalue weighted by Crippen LogP contribution is 2.41. The molecule has 2 unspecified atom stereocenters. The van der Waals surface area contributed by atoms with Gasteiger partial charge in [0.1, 0.15) is 23.6 Å². The van der Waals surface area contributed by atoms with E-state index < -0.39 is 0 Å². The number of fused-ring (bicyclic) bond motifs is 2. The summed E-state index contributed by atoms with van der Waals surface area (Å²) in [7, 11) is 2.12. The molecule has 2 atom stereocenters. The van der Waals surface area contributed by atoms with Gasteiger partial charge in [-0.15, -0.1) is 0 Å². The minimum absolute atomic E-state index is 0.0621. The Hall–Kier alpha value is -2.75. The van der Waals surface area contributed by atoms with Gasteiger partial charge in [0.05, 0.1) is 5.39 Å². The van der Waals surface area contributed by atoms with E-state index in [4.69, 9.17) is 0 Å². The molecule has 152 valence electrons. The molecule has 1 aliphatic carbocycles. The summed E-state index contributed by atoms with van der Waals surface area (Å²) in [4.78, 5) is 33.1. The number of H-pyrrole nitrogens is 1. The third kappa shape index (κ3) is 3.31. The van der Waals surface area contributed by atoms with E-state index in [0.29, 0.717) is 23.0 Å². The van der Waals surface area contributed by atoms with Gasteiger partial charge in [-0.2, -0.15) is 4.37 Å². The lowest BCUT2D eigenvalue weighted by atomic mass is 10.0. The summed E-state index contributed by atoms with van der Waals surface area (Å²) >= 11 is 1.25. The third-order valence-corrected chi connectivity index (χ3v) is 6.89. The lowest BCUT2D eigenvalue weighted by Crippen LogP contribution is -2.36. The van der Waals surface area contributed by atoms with Crippen LogP contribution in [0.25, 0.3) is 11.0 Å². The summed E-state index contributed by atoms with van der Waals surface area (Å²) in [6.07, 6.45) is 6.43. The van der Waals surface area contributed by atoms with E-state index in [1.807, 2.05) is 24.1 Å². The molecule has 0 bridgehead atoms. The van der Waals surface area contributed by atoms with Crippen LogP contribution in [0.1, 0.15) is 25.6 Å². The number of amides is 2. The highest BCUT2D eigenvalue weighted by atomic mass is 32.1. The van der Waals surface area contributed by atoms with E-state index in [9.17, 15) is 4.79 Å². The van der Waals surface area contributed by atoms with Crippen molar-refractivity contribution in [2.24, 2.45) is 11.8 Å². The molecule has 9 nitrogen and oxygen atoms in total. The molecular weight excluding hydrogens is 388 g/mol. The lowest BCUT2D eigenvalue weighted by Gasteiger charge is -2.27. The van der Waals surface area contributed by atoms with Gasteiger partial charge in [-0.25, -0.2) is 19.7 Å². The maximum absolute atomic E-state index is 12.6. The van der Waals surface area contributed by atoms with Crippen molar-refractivity contribution in [2.75, 3.05) is 30.4 Å². The number of nitrogens with zero attached hydrogens (tertiary/aromatic N) is 6. The van der Waals surface area contributed by atoms with Gasteiger partial charge in [0, 0.05) is 50.3 Å². The van der Waals surface area contributed by atoms with Gasteiger partial charge in [-0.1, -0.05) is 6.92 Å². The van der Waals surface area contributed by atoms with Crippen molar-refractivity contribution in [1.82, 2.24) is 29.2 Å². The summed E-state index contributed by atoms with van der Waals surface area (Å²) in [5, 5.41) is 4.54. The molecule has 0 aromatic carbocycles. The number of likely N-dealkylation sites (tertiary alicyclic amines) is 1. The second-order valence-electron chi connectivity index (χ2n) is 7.90. The van der Waals surface area contributed by atoms with Crippen molar-refractivity contribution in [1.29, 1.82) is 0 Å². The Kier molecular flexibility index (Phi) is 4.57. The van der Waals surface area contributed by atoms with Crippen molar-refractivity contribution in [2.45, 2.75) is 32.2 Å². The quantitative estimate of drug-likeness (QED) is 0.683. The zero-order chi connectivity index (χ0) is 20.0. The van der Waals surface area contributed by atoms with E-state index >= 15 is 0 Å². The maximum atomic E-state index is 12.6. The Morgan fingerprint density at radius 2 is 2.14 bits per heavy atom. The molecule has 0 spiro atoms. The van der Waals surface area contributed by atoms with Crippen molar-refractivity contribution in [3.05, 3.63) is 24.4 Å². The second-order valence-corrected chi connectivity index (χ2v) is 8.65. The number of aromatic amines is 1. The first kappa shape index (κ1) is 18.3. The van der Waals surface area contributed by atoms with Gasteiger partial charge >= 0.3 is 6.03 Å². The highest BCUT2D eigenvalue weighted by Gasteiger charge is 2.44. The molecule has 10 heteroatoms. The van der Waals surface area contributed by atoms with Crippen LogP contribution in [0.15, 0.2) is 18.6 Å². The molecule has 1 aliphatic heterocycles. The minimum Gasteiger partial charge on any atom is -0.356 e. The topological polar surface area (TPSA) is 103 Å². The number of aryl methyl sites for hydroxylation is 1. The van der Waals surface area contributed by atoms with Gasteiger partial charge in [0.2, 0.25) is 5.13 Å². The Balaban J connectivity index is 1.21. The largest absolute Gasteiger partial charge is 0.356 e. The molecule has 2 amide bonds. The fraction of sp³-hybridized carbons (Fsp3) is 0.526. The Bertz CT molecular complexity index is 1020. The van der Waals surface area contributed by atoms with Crippen LogP contribution in [0.2, 0.25) is 0 Å². The van der Waals surface area contributed by atoms with Gasteiger partial charge in [0.15, 0.2) is 0 Å². The normalized spacial score (nSPS) is 23.5. The van der Waals surface area contributed by atoms with Crippen LogP contribution in [0, 0.1) is 11.8 Å². The van der Waals surface area contributed by atoms with E-state index in [1.54, 1.807) is 6.33 Å². The number of anilines is 2. The molecule has 1 saturated heterocycles. The van der Waals surface area contributed by atoms with E-state index in [2.05, 4.69) is 41.6 Å². The number of carbonyl (C=O) groups excluding carboxylic acids is 1. The molecule has 2 fully saturated rings. The monoisotopic (exact) mass is 412 g/mol. The van der Waals surface area contributed by atoms with E-state index in [0.717, 1.165) is 55.0 Å². The molecule has 4 heterocycles. The van der Waals surface area contributed by atoms with E-state index in [1.165, 1.54) is 11.5 Å². The van der Waals surface area contributed by atoms with Crippen LogP contribution in [-0.2, 0) is 6.42 Å². The highest BCUT2D eigenvalue weighted by molar-refractivity contribution is 7.09. The SMILES string of the molecule is CCc1nsc(NC(=O)N2CC3CC(N(C)c4ncnc5[nH]ccc45)CC3C2)n1. The van der Waals surface area contributed by atoms with Crippen molar-refractivity contribution in [3.8, 4) is 0 Å². The van der Waals surface area contributed by atoms with Gasteiger partial charge in [0.25, 0.3) is 0 Å². The Morgan fingerprint density at radius 3 is 2.86 bits per heavy atom. The number of hydrogen-bond acceptors (Lipinski definition) is 7. The minimum atomic E-state index is -0.0621. The van der Waals surface area contributed by atoms with Crippen LogP contribution >= 0.6 is 11.5 Å². The molecule has 2 N–H and O–H groups in total. The second kappa shape index (κ2) is 7.25. The fourth-order valence-electron chi connectivity index (χ4n) is 4.68. The number of urea groups is 1. The number of hydrogen-bond donors (Lipinski definition) is 2. The third-order valence-electron chi connectivity index (χ3n) is 6.23. The van der Waals surface area contributed by atoms with Crippen LogP contribution in [0.5, 0.6) is 0 Å². The van der Waals surface area contributed by atoms with Gasteiger partial charge in [-0.05, 0) is 30.7 Å². The zero-order valence-electron chi connectivity index (χ0n) is 16.5. The van der Waals surface area contributed by atoms with Crippen molar-refractivity contribution >= 4 is 39.5 Å². The summed E-state index contributed by atoms with van der Waals surface area (Å²) in [5.74, 6) is 2.80. The van der Waals surface area contributed by atoms with Gasteiger partial charge < -0.3 is 14.8 Å². The maximum Gasteiger partial charge on any atom is 0.323 e. The molecule has 1 saturated carbocycles. The molecular formula is C19H24N8OS. The van der Waals surface area contributed by atoms with Crippen molar-refractivity contribution < 1.29 is 4.79 Å². The van der Waals surface area contributed by atoms with Crippen LogP contribution in [0.3, 0.4) is 0 Å². The van der Waals surface area contributed by atoms with E-state index in [-0.39, 0.29) is 6.03 Å². The number of aromatic nitrogens is 5. The molecule has 3 aromatic rings. The van der Waals surface area contributed by atoms with Crippen LogP contribution in [-0.4, -0.2) is 61.4 Å². The average molecular weight is 413 g/mol. The predicted octanol–water partition coefficient (Wildman–Crippen LogP) is 2.75. The zero-order valence-corrected chi connectivity index (χ0v) is 17.3. The Labute approximate surface area is 172 Å². The standard InChI is InChI=1S/C19H24N8OS/c1-3-15-23-18(29-25-15)24-19(28)27-8-11-6-13(7-12(11)9-27)26(2)17-14-4-5-20-16(14)21-10-22-17/h4-5,10-13H,3,6-9H2,1-2H3,(H,20,21,22)(H,23,24,25,28). The molecule has 0 radical (unpaired) electrons. The molecule has 2 aliphatic rings. The smallest absolute Gasteiger partial charge is 0.323 e. The molecule has 3 aromatic heterocycles.